The highest BCUT2D eigenvalue weighted by Gasteiger charge is 2.07. The number of hydrogen-bond acceptors (Lipinski definition) is 2. The average molecular weight is 242 g/mol. The molecule has 0 aliphatic heterocycles. The topological polar surface area (TPSA) is 38.3 Å². The summed E-state index contributed by atoms with van der Waals surface area (Å²) in [7, 11) is 1.58. The molecule has 16 heavy (non-hydrogen) atoms. The lowest BCUT2D eigenvalue weighted by Crippen LogP contribution is -2.28. The Morgan fingerprint density at radius 2 is 2.31 bits per heavy atom. The quantitative estimate of drug-likeness (QED) is 0.804. The maximum atomic E-state index is 11.7. The summed E-state index contributed by atoms with van der Waals surface area (Å²) in [6.07, 6.45) is 0. The first-order valence-electron chi connectivity index (χ1n) is 5.15. The molecule has 88 valence electrons. The number of alkyl halides is 1. The highest BCUT2D eigenvalue weighted by Crippen LogP contribution is 2.12. The molecule has 0 spiro atoms. The van der Waals surface area contributed by atoms with Crippen molar-refractivity contribution in [2.24, 2.45) is 5.92 Å². The van der Waals surface area contributed by atoms with Crippen molar-refractivity contribution in [1.29, 1.82) is 0 Å². The minimum absolute atomic E-state index is 0.101. The zero-order chi connectivity index (χ0) is 12.0. The molecule has 1 atom stereocenters. The third-order valence-corrected chi connectivity index (χ3v) is 2.73. The maximum absolute atomic E-state index is 11.7. The number of hydrogen-bond donors (Lipinski definition) is 1. The summed E-state index contributed by atoms with van der Waals surface area (Å²) >= 11 is 5.66. The van der Waals surface area contributed by atoms with E-state index < -0.39 is 0 Å². The normalized spacial score (nSPS) is 11.9. The molecule has 1 aromatic rings. The molecule has 0 aliphatic rings. The number of carbonyl (C=O) groups is 1. The van der Waals surface area contributed by atoms with Crippen molar-refractivity contribution in [3.63, 3.8) is 0 Å². The zero-order valence-electron chi connectivity index (χ0n) is 9.50. The lowest BCUT2D eigenvalue weighted by molar-refractivity contribution is 0.0949. The smallest absolute Gasteiger partial charge is 0.251 e. The van der Waals surface area contributed by atoms with Crippen LogP contribution in [0.15, 0.2) is 24.3 Å². The third-order valence-electron chi connectivity index (χ3n) is 2.21. The van der Waals surface area contributed by atoms with Gasteiger partial charge in [0, 0.05) is 18.0 Å². The predicted molar refractivity (Wildman–Crippen MR) is 65.2 cm³/mol. The fourth-order valence-electron chi connectivity index (χ4n) is 1.19. The number of nitrogens with one attached hydrogen (secondary N) is 1. The third kappa shape index (κ3) is 3.74. The Bertz CT molecular complexity index is 355. The molecule has 3 nitrogen and oxygen atoms in total. The number of halogens is 1. The molecule has 0 saturated heterocycles. The van der Waals surface area contributed by atoms with Crippen molar-refractivity contribution in [1.82, 2.24) is 5.32 Å². The van der Waals surface area contributed by atoms with Gasteiger partial charge in [-0.1, -0.05) is 13.0 Å². The van der Waals surface area contributed by atoms with Crippen LogP contribution in [0.2, 0.25) is 0 Å². The molecule has 0 fully saturated rings. The van der Waals surface area contributed by atoms with E-state index in [4.69, 9.17) is 16.3 Å². The molecule has 1 aromatic carbocycles. The molecule has 1 N–H and O–H groups in total. The van der Waals surface area contributed by atoms with Crippen LogP contribution < -0.4 is 10.1 Å². The van der Waals surface area contributed by atoms with E-state index in [0.717, 1.165) is 0 Å². The summed E-state index contributed by atoms with van der Waals surface area (Å²) in [5.74, 6) is 1.39. The van der Waals surface area contributed by atoms with Crippen LogP contribution in [0.3, 0.4) is 0 Å². The van der Waals surface area contributed by atoms with Crippen LogP contribution >= 0.6 is 11.6 Å². The second-order valence-corrected chi connectivity index (χ2v) is 4.01. The fourth-order valence-corrected chi connectivity index (χ4v) is 1.30. The van der Waals surface area contributed by atoms with E-state index >= 15 is 0 Å². The van der Waals surface area contributed by atoms with Crippen molar-refractivity contribution in [2.45, 2.75) is 6.92 Å². The Morgan fingerprint density at radius 1 is 1.56 bits per heavy atom. The molecule has 1 unspecified atom stereocenters. The van der Waals surface area contributed by atoms with E-state index in [1.54, 1.807) is 31.4 Å². The molecule has 0 aromatic heterocycles. The SMILES string of the molecule is COc1cccc(C(=O)NCC(C)CCl)c1. The molecule has 0 heterocycles. The van der Waals surface area contributed by atoms with E-state index in [2.05, 4.69) is 5.32 Å². The van der Waals surface area contributed by atoms with Crippen LogP contribution in [-0.2, 0) is 0 Å². The Labute approximate surface area is 101 Å². The largest absolute Gasteiger partial charge is 0.497 e. The van der Waals surface area contributed by atoms with Crippen LogP contribution in [0.1, 0.15) is 17.3 Å². The predicted octanol–water partition coefficient (Wildman–Crippen LogP) is 2.30. The molecule has 1 rings (SSSR count). The summed E-state index contributed by atoms with van der Waals surface area (Å²) in [6.45, 7) is 2.57. The summed E-state index contributed by atoms with van der Waals surface area (Å²) in [5, 5.41) is 2.82. The van der Waals surface area contributed by atoms with Gasteiger partial charge in [0.05, 0.1) is 7.11 Å². The highest BCUT2D eigenvalue weighted by atomic mass is 35.5. The van der Waals surface area contributed by atoms with Gasteiger partial charge in [0.1, 0.15) is 5.75 Å². The van der Waals surface area contributed by atoms with Crippen molar-refractivity contribution in [2.75, 3.05) is 19.5 Å². The first-order chi connectivity index (χ1) is 7.67. The second-order valence-electron chi connectivity index (χ2n) is 3.70. The van der Waals surface area contributed by atoms with E-state index in [1.807, 2.05) is 6.92 Å². The number of rotatable bonds is 5. The fraction of sp³-hybridized carbons (Fsp3) is 0.417. The number of methoxy groups -OCH3 is 1. The van der Waals surface area contributed by atoms with Gasteiger partial charge in [0.25, 0.3) is 5.91 Å². The Balaban J connectivity index is 2.58. The Kier molecular flexibility index (Phi) is 5.12. The number of benzene rings is 1. The van der Waals surface area contributed by atoms with Gasteiger partial charge in [0.2, 0.25) is 0 Å². The Hall–Kier alpha value is -1.22. The van der Waals surface area contributed by atoms with Gasteiger partial charge in [-0.25, -0.2) is 0 Å². The summed E-state index contributed by atoms with van der Waals surface area (Å²) in [6, 6.07) is 7.06. The highest BCUT2D eigenvalue weighted by molar-refractivity contribution is 6.18. The molecule has 0 radical (unpaired) electrons. The van der Waals surface area contributed by atoms with Gasteiger partial charge in [-0.05, 0) is 24.1 Å². The van der Waals surface area contributed by atoms with Crippen LogP contribution in [0.5, 0.6) is 5.75 Å². The molecule has 0 bridgehead atoms. The molecule has 1 amide bonds. The first-order valence-corrected chi connectivity index (χ1v) is 5.69. The summed E-state index contributed by atoms with van der Waals surface area (Å²) in [4.78, 5) is 11.7. The van der Waals surface area contributed by atoms with E-state index in [1.165, 1.54) is 0 Å². The standard InChI is InChI=1S/C12H16ClNO2/c1-9(7-13)8-14-12(15)10-4-3-5-11(6-10)16-2/h3-6,9H,7-8H2,1-2H3,(H,14,15). The lowest BCUT2D eigenvalue weighted by Gasteiger charge is -2.09. The number of carbonyl (C=O) groups excluding carboxylic acids is 1. The summed E-state index contributed by atoms with van der Waals surface area (Å²) in [5.41, 5.74) is 0.598. The molecule has 0 aliphatic carbocycles. The second kappa shape index (κ2) is 6.38. The van der Waals surface area contributed by atoms with Crippen LogP contribution in [0.4, 0.5) is 0 Å². The summed E-state index contributed by atoms with van der Waals surface area (Å²) < 4.78 is 5.05. The van der Waals surface area contributed by atoms with E-state index in [-0.39, 0.29) is 11.8 Å². The van der Waals surface area contributed by atoms with Crippen molar-refractivity contribution >= 4 is 17.5 Å². The Morgan fingerprint density at radius 3 is 2.94 bits per heavy atom. The lowest BCUT2D eigenvalue weighted by atomic mass is 10.2. The van der Waals surface area contributed by atoms with Crippen molar-refractivity contribution < 1.29 is 9.53 Å². The zero-order valence-corrected chi connectivity index (χ0v) is 10.3. The minimum Gasteiger partial charge on any atom is -0.497 e. The van der Waals surface area contributed by atoms with Gasteiger partial charge in [-0.2, -0.15) is 0 Å². The van der Waals surface area contributed by atoms with Gasteiger partial charge in [-0.3, -0.25) is 4.79 Å². The van der Waals surface area contributed by atoms with E-state index in [0.29, 0.717) is 23.7 Å². The van der Waals surface area contributed by atoms with Crippen LogP contribution in [0, 0.1) is 5.92 Å². The van der Waals surface area contributed by atoms with Gasteiger partial charge in [0.15, 0.2) is 0 Å². The molecular formula is C12H16ClNO2. The molecular weight excluding hydrogens is 226 g/mol. The van der Waals surface area contributed by atoms with Crippen molar-refractivity contribution in [3.8, 4) is 5.75 Å². The first kappa shape index (κ1) is 12.8. The van der Waals surface area contributed by atoms with Crippen LogP contribution in [-0.4, -0.2) is 25.4 Å². The monoisotopic (exact) mass is 241 g/mol. The number of amides is 1. The van der Waals surface area contributed by atoms with Crippen molar-refractivity contribution in [3.05, 3.63) is 29.8 Å². The average Bonchev–Trinajstić information content (AvgIpc) is 2.35. The van der Waals surface area contributed by atoms with Gasteiger partial charge >= 0.3 is 0 Å². The molecule has 4 heteroatoms. The number of ether oxygens (including phenoxy) is 1. The van der Waals surface area contributed by atoms with Gasteiger partial charge < -0.3 is 10.1 Å². The molecule has 0 saturated carbocycles. The van der Waals surface area contributed by atoms with Gasteiger partial charge in [-0.15, -0.1) is 11.6 Å². The maximum Gasteiger partial charge on any atom is 0.251 e. The minimum atomic E-state index is -0.101. The van der Waals surface area contributed by atoms with Crippen LogP contribution in [0.25, 0.3) is 0 Å². The van der Waals surface area contributed by atoms with E-state index in [9.17, 15) is 4.79 Å².